The molecule has 0 unspecified atom stereocenters. The molecular weight excluding hydrogens is 188 g/mol. The molecule has 0 saturated carbocycles. The van der Waals surface area contributed by atoms with E-state index in [1.807, 2.05) is 19.9 Å². The Morgan fingerprint density at radius 3 is 2.13 bits per heavy atom. The molecular formula is C13H16O2. The van der Waals surface area contributed by atoms with Gasteiger partial charge in [-0.05, 0) is 18.6 Å². The molecule has 80 valence electrons. The molecule has 0 aliphatic rings. The summed E-state index contributed by atoms with van der Waals surface area (Å²) in [6.45, 7) is 5.47. The zero-order chi connectivity index (χ0) is 11.7. The quantitative estimate of drug-likeness (QED) is 0.560. The molecule has 0 aliphatic carbocycles. The van der Waals surface area contributed by atoms with Gasteiger partial charge in [-0.25, -0.2) is 0 Å². The topological polar surface area (TPSA) is 34.1 Å². The maximum absolute atomic E-state index is 10.6. The first-order valence-electron chi connectivity index (χ1n) is 4.97. The molecule has 0 amide bonds. The summed E-state index contributed by atoms with van der Waals surface area (Å²) in [6, 6.07) is 7.12. The summed E-state index contributed by atoms with van der Waals surface area (Å²) in [5.41, 5.74) is 1.37. The van der Waals surface area contributed by atoms with Crippen LogP contribution in [0.5, 0.6) is 0 Å². The van der Waals surface area contributed by atoms with Crippen LogP contribution in [0.3, 0.4) is 0 Å². The second-order valence-electron chi connectivity index (χ2n) is 2.69. The Labute approximate surface area is 90.6 Å². The normalized spacial score (nSPS) is 9.27. The fourth-order valence-corrected chi connectivity index (χ4v) is 0.977. The van der Waals surface area contributed by atoms with E-state index in [1.165, 1.54) is 13.0 Å². The SMILES string of the molecule is CC.CC(=O)/C=C/c1ccccc1C=O. The van der Waals surface area contributed by atoms with E-state index in [0.29, 0.717) is 5.56 Å². The van der Waals surface area contributed by atoms with E-state index in [-0.39, 0.29) is 5.78 Å². The summed E-state index contributed by atoms with van der Waals surface area (Å²) in [6.07, 6.45) is 3.87. The highest BCUT2D eigenvalue weighted by Crippen LogP contribution is 2.07. The number of carbonyl (C=O) groups is 2. The fraction of sp³-hybridized carbons (Fsp3) is 0.231. The van der Waals surface area contributed by atoms with Gasteiger partial charge in [0.05, 0.1) is 0 Å². The van der Waals surface area contributed by atoms with Gasteiger partial charge in [0.15, 0.2) is 12.1 Å². The second-order valence-corrected chi connectivity index (χ2v) is 2.69. The van der Waals surface area contributed by atoms with Crippen LogP contribution in [0.2, 0.25) is 0 Å². The van der Waals surface area contributed by atoms with Gasteiger partial charge in [0.2, 0.25) is 0 Å². The fourth-order valence-electron chi connectivity index (χ4n) is 0.977. The molecule has 2 heteroatoms. The van der Waals surface area contributed by atoms with Crippen LogP contribution in [0.15, 0.2) is 30.3 Å². The Balaban J connectivity index is 0.000000921. The zero-order valence-electron chi connectivity index (χ0n) is 9.36. The Morgan fingerprint density at radius 1 is 1.13 bits per heavy atom. The lowest BCUT2D eigenvalue weighted by Crippen LogP contribution is -1.86. The Morgan fingerprint density at radius 2 is 1.67 bits per heavy atom. The van der Waals surface area contributed by atoms with Crippen molar-refractivity contribution in [1.29, 1.82) is 0 Å². The first-order valence-corrected chi connectivity index (χ1v) is 4.97. The first kappa shape index (κ1) is 13.3. The number of ketones is 1. The highest BCUT2D eigenvalue weighted by molar-refractivity contribution is 5.93. The predicted molar refractivity (Wildman–Crippen MR) is 62.9 cm³/mol. The van der Waals surface area contributed by atoms with Gasteiger partial charge in [0.1, 0.15) is 0 Å². The average Bonchev–Trinajstić information content (AvgIpc) is 2.29. The van der Waals surface area contributed by atoms with E-state index in [2.05, 4.69) is 0 Å². The van der Waals surface area contributed by atoms with Crippen LogP contribution in [-0.2, 0) is 4.79 Å². The van der Waals surface area contributed by atoms with Gasteiger partial charge in [-0.2, -0.15) is 0 Å². The standard InChI is InChI=1S/C11H10O2.C2H6/c1-9(13)6-7-10-4-2-3-5-11(10)8-12;1-2/h2-8H,1H3;1-2H3/b7-6+;. The van der Waals surface area contributed by atoms with Crippen molar-refractivity contribution < 1.29 is 9.59 Å². The van der Waals surface area contributed by atoms with Gasteiger partial charge in [0.25, 0.3) is 0 Å². The number of benzene rings is 1. The maximum Gasteiger partial charge on any atom is 0.152 e. The molecule has 0 spiro atoms. The lowest BCUT2D eigenvalue weighted by Gasteiger charge is -1.95. The number of allylic oxidation sites excluding steroid dienone is 1. The van der Waals surface area contributed by atoms with Crippen molar-refractivity contribution >= 4 is 18.1 Å². The van der Waals surface area contributed by atoms with Crippen molar-refractivity contribution in [3.05, 3.63) is 41.5 Å². The second kappa shape index (κ2) is 7.68. The molecule has 0 bridgehead atoms. The van der Waals surface area contributed by atoms with E-state index in [1.54, 1.807) is 24.3 Å². The smallest absolute Gasteiger partial charge is 0.152 e. The first-order chi connectivity index (χ1) is 7.24. The molecule has 15 heavy (non-hydrogen) atoms. The van der Waals surface area contributed by atoms with E-state index < -0.39 is 0 Å². The van der Waals surface area contributed by atoms with Gasteiger partial charge >= 0.3 is 0 Å². The molecule has 0 heterocycles. The predicted octanol–water partition coefficient (Wildman–Crippen LogP) is 3.13. The van der Waals surface area contributed by atoms with Crippen molar-refractivity contribution in [2.45, 2.75) is 20.8 Å². The molecule has 1 aromatic rings. The van der Waals surface area contributed by atoms with Crippen molar-refractivity contribution in [3.8, 4) is 0 Å². The molecule has 0 fully saturated rings. The Bertz CT molecular complexity index is 351. The minimum atomic E-state index is -0.0271. The van der Waals surface area contributed by atoms with Gasteiger partial charge in [-0.3, -0.25) is 9.59 Å². The number of carbonyl (C=O) groups excluding carboxylic acids is 2. The zero-order valence-corrected chi connectivity index (χ0v) is 9.36. The Hall–Kier alpha value is -1.70. The Kier molecular flexibility index (Phi) is 6.81. The number of hydrogen-bond donors (Lipinski definition) is 0. The summed E-state index contributed by atoms with van der Waals surface area (Å²) in [5, 5.41) is 0. The van der Waals surface area contributed by atoms with Gasteiger partial charge < -0.3 is 0 Å². The maximum atomic E-state index is 10.6. The minimum absolute atomic E-state index is 0.0271. The lowest BCUT2D eigenvalue weighted by molar-refractivity contribution is -0.112. The third-order valence-corrected chi connectivity index (χ3v) is 1.62. The van der Waals surface area contributed by atoms with Crippen molar-refractivity contribution in [3.63, 3.8) is 0 Å². The van der Waals surface area contributed by atoms with Crippen molar-refractivity contribution in [2.24, 2.45) is 0 Å². The van der Waals surface area contributed by atoms with E-state index in [4.69, 9.17) is 0 Å². The summed E-state index contributed by atoms with van der Waals surface area (Å²) in [7, 11) is 0. The summed E-state index contributed by atoms with van der Waals surface area (Å²) >= 11 is 0. The van der Waals surface area contributed by atoms with Crippen LogP contribution in [-0.4, -0.2) is 12.1 Å². The molecule has 0 N–H and O–H groups in total. The molecule has 0 aromatic heterocycles. The molecule has 0 aliphatic heterocycles. The molecule has 1 aromatic carbocycles. The molecule has 2 nitrogen and oxygen atoms in total. The highest BCUT2D eigenvalue weighted by atomic mass is 16.1. The highest BCUT2D eigenvalue weighted by Gasteiger charge is 1.95. The van der Waals surface area contributed by atoms with E-state index in [9.17, 15) is 9.59 Å². The molecule has 0 radical (unpaired) electrons. The van der Waals surface area contributed by atoms with Crippen molar-refractivity contribution in [2.75, 3.05) is 0 Å². The largest absolute Gasteiger partial charge is 0.298 e. The summed E-state index contributed by atoms with van der Waals surface area (Å²) in [4.78, 5) is 21.2. The van der Waals surface area contributed by atoms with Gasteiger partial charge in [-0.15, -0.1) is 0 Å². The number of rotatable bonds is 3. The van der Waals surface area contributed by atoms with E-state index >= 15 is 0 Å². The van der Waals surface area contributed by atoms with Crippen LogP contribution in [0.25, 0.3) is 6.08 Å². The van der Waals surface area contributed by atoms with E-state index in [0.717, 1.165) is 11.8 Å². The third-order valence-electron chi connectivity index (χ3n) is 1.62. The average molecular weight is 204 g/mol. The van der Waals surface area contributed by atoms with Crippen LogP contribution in [0.1, 0.15) is 36.7 Å². The lowest BCUT2D eigenvalue weighted by atomic mass is 10.1. The van der Waals surface area contributed by atoms with Gasteiger partial charge in [0, 0.05) is 5.56 Å². The molecule has 0 saturated heterocycles. The van der Waals surface area contributed by atoms with Crippen LogP contribution in [0.4, 0.5) is 0 Å². The molecule has 1 rings (SSSR count). The summed E-state index contributed by atoms with van der Waals surface area (Å²) in [5.74, 6) is -0.0271. The van der Waals surface area contributed by atoms with Crippen molar-refractivity contribution in [1.82, 2.24) is 0 Å². The third kappa shape index (κ3) is 4.91. The molecule has 0 atom stereocenters. The monoisotopic (exact) mass is 204 g/mol. The number of hydrogen-bond acceptors (Lipinski definition) is 2. The van der Waals surface area contributed by atoms with Crippen LogP contribution >= 0.6 is 0 Å². The minimum Gasteiger partial charge on any atom is -0.298 e. The van der Waals surface area contributed by atoms with Gasteiger partial charge in [-0.1, -0.05) is 44.2 Å². The van der Waals surface area contributed by atoms with Crippen LogP contribution in [0, 0.1) is 0 Å². The summed E-state index contributed by atoms with van der Waals surface area (Å²) < 4.78 is 0. The number of aldehydes is 1. The van der Waals surface area contributed by atoms with Crippen LogP contribution < -0.4 is 0 Å².